The number of carbonyl (C=O) groups is 2. The molecule has 1 rings (SSSR count). The number of carboxylic acids is 2. The molecule has 0 saturated carbocycles. The number of ether oxygens (including phenoxy) is 3. The van der Waals surface area contributed by atoms with Crippen LogP contribution in [0.3, 0.4) is 0 Å². The summed E-state index contributed by atoms with van der Waals surface area (Å²) in [6.07, 6.45) is -1.15. The van der Waals surface area contributed by atoms with Crippen LogP contribution >= 0.6 is 11.6 Å². The van der Waals surface area contributed by atoms with Crippen molar-refractivity contribution in [2.75, 3.05) is 19.8 Å². The molecule has 2 N–H and O–H groups in total. The molecule has 0 amide bonds. The lowest BCUT2D eigenvalue weighted by molar-refractivity contribution is -0.152. The van der Waals surface area contributed by atoms with E-state index in [2.05, 4.69) is 0 Å². The third kappa shape index (κ3) is 7.72. The van der Waals surface area contributed by atoms with E-state index in [0.29, 0.717) is 29.5 Å². The molecule has 8 heteroatoms. The molecule has 0 aliphatic rings. The molecule has 0 spiro atoms. The van der Waals surface area contributed by atoms with Crippen molar-refractivity contribution in [3.63, 3.8) is 0 Å². The van der Waals surface area contributed by atoms with Gasteiger partial charge in [0, 0.05) is 19.1 Å². The van der Waals surface area contributed by atoms with Crippen LogP contribution in [0.2, 0.25) is 5.02 Å². The minimum absolute atomic E-state index is 0.105. The molecule has 7 nitrogen and oxygen atoms in total. The zero-order valence-corrected chi connectivity index (χ0v) is 15.0. The Morgan fingerprint density at radius 2 is 1.64 bits per heavy atom. The summed E-state index contributed by atoms with van der Waals surface area (Å²) in [6, 6.07) is 4.72. The number of rotatable bonds is 12. The van der Waals surface area contributed by atoms with Gasteiger partial charge in [-0.2, -0.15) is 0 Å². The van der Waals surface area contributed by atoms with Crippen molar-refractivity contribution in [1.29, 1.82) is 0 Å². The molecule has 1 aromatic carbocycles. The lowest BCUT2D eigenvalue weighted by atomic mass is 9.92. The summed E-state index contributed by atoms with van der Waals surface area (Å²) in [5.41, 5.74) is 0.536. The summed E-state index contributed by atoms with van der Waals surface area (Å²) in [6.45, 7) is 4.69. The monoisotopic (exact) mass is 374 g/mol. The average molecular weight is 375 g/mol. The predicted molar refractivity (Wildman–Crippen MR) is 91.2 cm³/mol. The standard InChI is InChI=1S/C17H23ClO7/c1-3-23-17(24-4-2)10-25-14-7-11(5-6-13(14)18)12(8-15(19)20)9-16(21)22/h5-7,12,17H,3-4,8-10H2,1-2H3,(H,19,20)(H,21,22). The van der Waals surface area contributed by atoms with Crippen LogP contribution in [0.1, 0.15) is 38.2 Å². The van der Waals surface area contributed by atoms with Crippen LogP contribution in [0.15, 0.2) is 18.2 Å². The van der Waals surface area contributed by atoms with E-state index in [9.17, 15) is 9.59 Å². The van der Waals surface area contributed by atoms with Gasteiger partial charge in [0.25, 0.3) is 0 Å². The Hall–Kier alpha value is -1.83. The van der Waals surface area contributed by atoms with Crippen LogP contribution in [-0.4, -0.2) is 48.3 Å². The van der Waals surface area contributed by atoms with E-state index in [1.165, 1.54) is 0 Å². The van der Waals surface area contributed by atoms with Gasteiger partial charge in [0.05, 0.1) is 17.9 Å². The van der Waals surface area contributed by atoms with Crippen molar-refractivity contribution in [3.05, 3.63) is 28.8 Å². The summed E-state index contributed by atoms with van der Waals surface area (Å²) >= 11 is 6.11. The molecular formula is C17H23ClO7. The van der Waals surface area contributed by atoms with Gasteiger partial charge in [-0.25, -0.2) is 0 Å². The normalized spacial score (nSPS) is 11.1. The first kappa shape index (κ1) is 21.2. The summed E-state index contributed by atoms with van der Waals surface area (Å²) in [5, 5.41) is 18.3. The molecule has 0 heterocycles. The van der Waals surface area contributed by atoms with Crippen molar-refractivity contribution < 1.29 is 34.0 Å². The average Bonchev–Trinajstić information content (AvgIpc) is 2.52. The van der Waals surface area contributed by atoms with Crippen molar-refractivity contribution in [3.8, 4) is 5.75 Å². The van der Waals surface area contributed by atoms with Crippen LogP contribution in [0.5, 0.6) is 5.75 Å². The van der Waals surface area contributed by atoms with Gasteiger partial charge in [-0.3, -0.25) is 9.59 Å². The van der Waals surface area contributed by atoms with Gasteiger partial charge in [-0.1, -0.05) is 17.7 Å². The van der Waals surface area contributed by atoms with Gasteiger partial charge in [0.15, 0.2) is 6.29 Å². The third-order valence-electron chi connectivity index (χ3n) is 3.35. The smallest absolute Gasteiger partial charge is 0.303 e. The molecule has 0 atom stereocenters. The maximum Gasteiger partial charge on any atom is 0.303 e. The van der Waals surface area contributed by atoms with Gasteiger partial charge < -0.3 is 24.4 Å². The molecule has 0 aromatic heterocycles. The van der Waals surface area contributed by atoms with E-state index >= 15 is 0 Å². The number of hydrogen-bond donors (Lipinski definition) is 2. The van der Waals surface area contributed by atoms with E-state index in [0.717, 1.165) is 0 Å². The highest BCUT2D eigenvalue weighted by Crippen LogP contribution is 2.32. The largest absolute Gasteiger partial charge is 0.487 e. The topological polar surface area (TPSA) is 102 Å². The molecule has 1 aromatic rings. The second-order valence-electron chi connectivity index (χ2n) is 5.23. The fourth-order valence-corrected chi connectivity index (χ4v) is 2.46. The highest BCUT2D eigenvalue weighted by atomic mass is 35.5. The Morgan fingerprint density at radius 1 is 1.08 bits per heavy atom. The van der Waals surface area contributed by atoms with Crippen molar-refractivity contribution in [2.24, 2.45) is 0 Å². The quantitative estimate of drug-likeness (QED) is 0.542. The molecular weight excluding hydrogens is 352 g/mol. The van der Waals surface area contributed by atoms with E-state index < -0.39 is 24.1 Å². The van der Waals surface area contributed by atoms with Crippen LogP contribution < -0.4 is 4.74 Å². The third-order valence-corrected chi connectivity index (χ3v) is 3.66. The van der Waals surface area contributed by atoms with Crippen LogP contribution in [-0.2, 0) is 19.1 Å². The van der Waals surface area contributed by atoms with Crippen molar-refractivity contribution in [2.45, 2.75) is 38.9 Å². The fourth-order valence-electron chi connectivity index (χ4n) is 2.29. The van der Waals surface area contributed by atoms with E-state index in [4.69, 9.17) is 36.0 Å². The Morgan fingerprint density at radius 3 is 2.12 bits per heavy atom. The number of carboxylic acid groups (broad SMARTS) is 2. The zero-order chi connectivity index (χ0) is 18.8. The van der Waals surface area contributed by atoms with E-state index in [1.807, 2.05) is 13.8 Å². The Kier molecular flexibility index (Phi) is 9.26. The lowest BCUT2D eigenvalue weighted by Crippen LogP contribution is -2.25. The molecule has 140 valence electrons. The second-order valence-corrected chi connectivity index (χ2v) is 5.64. The van der Waals surface area contributed by atoms with Crippen molar-refractivity contribution in [1.82, 2.24) is 0 Å². The van der Waals surface area contributed by atoms with Crippen molar-refractivity contribution >= 4 is 23.5 Å². The Labute approximate surface area is 151 Å². The highest BCUT2D eigenvalue weighted by molar-refractivity contribution is 6.32. The van der Waals surface area contributed by atoms with Crippen LogP contribution in [0.4, 0.5) is 0 Å². The van der Waals surface area contributed by atoms with Gasteiger partial charge in [-0.15, -0.1) is 0 Å². The zero-order valence-electron chi connectivity index (χ0n) is 14.2. The van der Waals surface area contributed by atoms with Crippen LogP contribution in [0, 0.1) is 0 Å². The van der Waals surface area contributed by atoms with Gasteiger partial charge >= 0.3 is 11.9 Å². The predicted octanol–water partition coefficient (Wildman–Crippen LogP) is 3.15. The SMILES string of the molecule is CCOC(COc1cc(C(CC(=O)O)CC(=O)O)ccc1Cl)OCC. The summed E-state index contributed by atoms with van der Waals surface area (Å²) < 4.78 is 16.4. The second kappa shape index (κ2) is 10.9. The molecule has 0 radical (unpaired) electrons. The number of aliphatic carboxylic acids is 2. The Bertz CT molecular complexity index is 554. The summed E-state index contributed by atoms with van der Waals surface area (Å²) in [5.74, 6) is -2.50. The van der Waals surface area contributed by atoms with Gasteiger partial charge in [0.1, 0.15) is 12.4 Å². The van der Waals surface area contributed by atoms with E-state index in [1.54, 1.807) is 18.2 Å². The molecule has 0 fully saturated rings. The maximum absolute atomic E-state index is 11.0. The first-order valence-electron chi connectivity index (χ1n) is 7.96. The summed E-state index contributed by atoms with van der Waals surface area (Å²) in [7, 11) is 0. The van der Waals surface area contributed by atoms with E-state index in [-0.39, 0.29) is 19.4 Å². The maximum atomic E-state index is 11.0. The molecule has 0 bridgehead atoms. The molecule has 25 heavy (non-hydrogen) atoms. The van der Waals surface area contributed by atoms with Crippen LogP contribution in [0.25, 0.3) is 0 Å². The first-order valence-corrected chi connectivity index (χ1v) is 8.34. The fraction of sp³-hybridized carbons (Fsp3) is 0.529. The minimum atomic E-state index is -1.07. The summed E-state index contributed by atoms with van der Waals surface area (Å²) in [4.78, 5) is 22.0. The van der Waals surface area contributed by atoms with Gasteiger partial charge in [-0.05, 0) is 31.5 Å². The number of halogens is 1. The molecule has 0 unspecified atom stereocenters. The lowest BCUT2D eigenvalue weighted by Gasteiger charge is -2.19. The first-order chi connectivity index (χ1) is 11.9. The molecule has 0 aliphatic carbocycles. The number of hydrogen-bond acceptors (Lipinski definition) is 5. The Balaban J connectivity index is 2.92. The minimum Gasteiger partial charge on any atom is -0.487 e. The highest BCUT2D eigenvalue weighted by Gasteiger charge is 2.21. The molecule has 0 aliphatic heterocycles. The van der Waals surface area contributed by atoms with Gasteiger partial charge in [0.2, 0.25) is 0 Å². The number of benzene rings is 1. The molecule has 0 saturated heterocycles.